The maximum absolute atomic E-state index is 3.68. The van der Waals surface area contributed by atoms with Crippen LogP contribution in [0.15, 0.2) is 30.3 Å². The minimum absolute atomic E-state index is 0.486. The van der Waals surface area contributed by atoms with E-state index in [1.807, 2.05) is 0 Å². The Morgan fingerprint density at radius 1 is 1.00 bits per heavy atom. The van der Waals surface area contributed by atoms with Gasteiger partial charge in [0.1, 0.15) is 0 Å². The SMILES string of the molecule is CCCC(C)CNCC(c1ccccc1)N(CC)CC. The second-order valence-corrected chi connectivity index (χ2v) is 5.70. The molecule has 0 spiro atoms. The van der Waals surface area contributed by atoms with Gasteiger partial charge in [0.15, 0.2) is 0 Å². The molecule has 1 aromatic carbocycles. The summed E-state index contributed by atoms with van der Waals surface area (Å²) in [5, 5.41) is 3.68. The van der Waals surface area contributed by atoms with Crippen molar-refractivity contribution in [2.75, 3.05) is 26.2 Å². The number of nitrogens with one attached hydrogen (secondary N) is 1. The molecule has 1 rings (SSSR count). The van der Waals surface area contributed by atoms with Crippen LogP contribution in [-0.2, 0) is 0 Å². The number of likely N-dealkylation sites (N-methyl/N-ethyl adjacent to an activating group) is 1. The van der Waals surface area contributed by atoms with Crippen LogP contribution in [-0.4, -0.2) is 31.1 Å². The zero-order chi connectivity index (χ0) is 14.8. The lowest BCUT2D eigenvalue weighted by Crippen LogP contribution is -2.37. The molecule has 0 aliphatic carbocycles. The van der Waals surface area contributed by atoms with E-state index in [0.29, 0.717) is 6.04 Å². The first-order valence-electron chi connectivity index (χ1n) is 8.22. The van der Waals surface area contributed by atoms with Gasteiger partial charge in [-0.05, 0) is 37.5 Å². The normalized spacial score (nSPS) is 14.4. The Morgan fingerprint density at radius 2 is 1.65 bits per heavy atom. The van der Waals surface area contributed by atoms with Crippen molar-refractivity contribution in [3.63, 3.8) is 0 Å². The summed E-state index contributed by atoms with van der Waals surface area (Å²) >= 11 is 0. The van der Waals surface area contributed by atoms with Gasteiger partial charge in [0.05, 0.1) is 0 Å². The van der Waals surface area contributed by atoms with Gasteiger partial charge in [-0.2, -0.15) is 0 Å². The molecule has 0 aliphatic heterocycles. The Labute approximate surface area is 125 Å². The van der Waals surface area contributed by atoms with Crippen molar-refractivity contribution in [3.8, 4) is 0 Å². The topological polar surface area (TPSA) is 15.3 Å². The van der Waals surface area contributed by atoms with E-state index in [4.69, 9.17) is 0 Å². The highest BCUT2D eigenvalue weighted by Gasteiger charge is 2.17. The summed E-state index contributed by atoms with van der Waals surface area (Å²) in [6.45, 7) is 13.5. The minimum Gasteiger partial charge on any atom is -0.315 e. The maximum Gasteiger partial charge on any atom is 0.0472 e. The highest BCUT2D eigenvalue weighted by Crippen LogP contribution is 2.19. The molecule has 0 saturated heterocycles. The van der Waals surface area contributed by atoms with Gasteiger partial charge >= 0.3 is 0 Å². The van der Waals surface area contributed by atoms with E-state index in [1.54, 1.807) is 0 Å². The van der Waals surface area contributed by atoms with Crippen LogP contribution in [0.5, 0.6) is 0 Å². The van der Waals surface area contributed by atoms with E-state index in [9.17, 15) is 0 Å². The third kappa shape index (κ3) is 5.64. The Kier molecular flexibility index (Phi) is 8.56. The first-order chi connectivity index (χ1) is 9.72. The van der Waals surface area contributed by atoms with Crippen LogP contribution < -0.4 is 5.32 Å². The molecule has 2 atom stereocenters. The van der Waals surface area contributed by atoms with Gasteiger partial charge in [-0.25, -0.2) is 0 Å². The molecule has 1 N–H and O–H groups in total. The lowest BCUT2D eigenvalue weighted by molar-refractivity contribution is 0.211. The Bertz CT molecular complexity index is 333. The predicted molar refractivity (Wildman–Crippen MR) is 89.0 cm³/mol. The first-order valence-corrected chi connectivity index (χ1v) is 8.22. The van der Waals surface area contributed by atoms with Crippen LogP contribution >= 0.6 is 0 Å². The van der Waals surface area contributed by atoms with Crippen molar-refractivity contribution < 1.29 is 0 Å². The van der Waals surface area contributed by atoms with Gasteiger partial charge < -0.3 is 5.32 Å². The van der Waals surface area contributed by atoms with E-state index in [-0.39, 0.29) is 0 Å². The highest BCUT2D eigenvalue weighted by molar-refractivity contribution is 5.19. The standard InChI is InChI=1S/C18H32N2/c1-5-11-16(4)14-19-15-18(20(6-2)7-3)17-12-9-8-10-13-17/h8-10,12-13,16,18-19H,5-7,11,14-15H2,1-4H3. The molecule has 2 nitrogen and oxygen atoms in total. The number of benzene rings is 1. The smallest absolute Gasteiger partial charge is 0.0472 e. The Hall–Kier alpha value is -0.860. The fourth-order valence-electron chi connectivity index (χ4n) is 2.86. The summed E-state index contributed by atoms with van der Waals surface area (Å²) in [5.74, 6) is 0.771. The molecule has 0 aromatic heterocycles. The van der Waals surface area contributed by atoms with E-state index in [1.165, 1.54) is 18.4 Å². The average Bonchev–Trinajstić information content (AvgIpc) is 2.48. The summed E-state index contributed by atoms with van der Waals surface area (Å²) in [6.07, 6.45) is 2.59. The number of nitrogens with zero attached hydrogens (tertiary/aromatic N) is 1. The van der Waals surface area contributed by atoms with Crippen LogP contribution in [0.4, 0.5) is 0 Å². The molecule has 0 heterocycles. The fraction of sp³-hybridized carbons (Fsp3) is 0.667. The van der Waals surface area contributed by atoms with Gasteiger partial charge in [-0.15, -0.1) is 0 Å². The van der Waals surface area contributed by atoms with E-state index < -0.39 is 0 Å². The van der Waals surface area contributed by atoms with Gasteiger partial charge in [0.2, 0.25) is 0 Å². The second kappa shape index (κ2) is 9.95. The molecule has 114 valence electrons. The third-order valence-electron chi connectivity index (χ3n) is 4.05. The zero-order valence-electron chi connectivity index (χ0n) is 13.7. The van der Waals surface area contributed by atoms with E-state index >= 15 is 0 Å². The Morgan fingerprint density at radius 3 is 2.20 bits per heavy atom. The molecule has 0 aliphatic rings. The predicted octanol–water partition coefficient (Wildman–Crippen LogP) is 4.10. The van der Waals surface area contributed by atoms with Gasteiger partial charge in [0, 0.05) is 12.6 Å². The monoisotopic (exact) mass is 276 g/mol. The molecular weight excluding hydrogens is 244 g/mol. The van der Waals surface area contributed by atoms with Crippen LogP contribution in [0.2, 0.25) is 0 Å². The van der Waals surface area contributed by atoms with Gasteiger partial charge in [-0.3, -0.25) is 4.90 Å². The fourth-order valence-corrected chi connectivity index (χ4v) is 2.86. The number of hydrogen-bond donors (Lipinski definition) is 1. The minimum atomic E-state index is 0.486. The molecule has 0 amide bonds. The molecule has 2 unspecified atom stereocenters. The molecule has 2 heteroatoms. The van der Waals surface area contributed by atoms with Crippen molar-refractivity contribution in [1.82, 2.24) is 10.2 Å². The van der Waals surface area contributed by atoms with Crippen LogP contribution in [0.25, 0.3) is 0 Å². The molecule has 0 radical (unpaired) electrons. The number of hydrogen-bond acceptors (Lipinski definition) is 2. The molecule has 0 fully saturated rings. The van der Waals surface area contributed by atoms with Crippen molar-refractivity contribution in [3.05, 3.63) is 35.9 Å². The summed E-state index contributed by atoms with van der Waals surface area (Å²) in [5.41, 5.74) is 1.42. The maximum atomic E-state index is 3.68. The molecule has 20 heavy (non-hydrogen) atoms. The lowest BCUT2D eigenvalue weighted by atomic mass is 10.0. The van der Waals surface area contributed by atoms with Gasteiger partial charge in [-0.1, -0.05) is 64.4 Å². The Balaban J connectivity index is 2.60. The van der Waals surface area contributed by atoms with Crippen molar-refractivity contribution in [1.29, 1.82) is 0 Å². The lowest BCUT2D eigenvalue weighted by Gasteiger charge is -2.30. The molecular formula is C18H32N2. The molecule has 0 bridgehead atoms. The summed E-state index contributed by atoms with van der Waals surface area (Å²) < 4.78 is 0. The van der Waals surface area contributed by atoms with Crippen LogP contribution in [0, 0.1) is 5.92 Å². The quantitative estimate of drug-likeness (QED) is 0.692. The number of rotatable bonds is 10. The zero-order valence-corrected chi connectivity index (χ0v) is 13.7. The highest BCUT2D eigenvalue weighted by atomic mass is 15.2. The van der Waals surface area contributed by atoms with Crippen molar-refractivity contribution in [2.24, 2.45) is 5.92 Å². The first kappa shape index (κ1) is 17.2. The molecule has 1 aromatic rings. The van der Waals surface area contributed by atoms with Crippen molar-refractivity contribution in [2.45, 2.75) is 46.6 Å². The summed E-state index contributed by atoms with van der Waals surface area (Å²) in [6, 6.07) is 11.4. The second-order valence-electron chi connectivity index (χ2n) is 5.70. The average molecular weight is 276 g/mol. The summed E-state index contributed by atoms with van der Waals surface area (Å²) in [4.78, 5) is 2.53. The van der Waals surface area contributed by atoms with Crippen LogP contribution in [0.3, 0.4) is 0 Å². The summed E-state index contributed by atoms with van der Waals surface area (Å²) in [7, 11) is 0. The van der Waals surface area contributed by atoms with E-state index in [2.05, 4.69) is 68.2 Å². The molecule has 0 saturated carbocycles. The largest absolute Gasteiger partial charge is 0.315 e. The van der Waals surface area contributed by atoms with Gasteiger partial charge in [0.25, 0.3) is 0 Å². The third-order valence-corrected chi connectivity index (χ3v) is 4.05. The van der Waals surface area contributed by atoms with E-state index in [0.717, 1.165) is 32.1 Å². The van der Waals surface area contributed by atoms with Crippen LogP contribution in [0.1, 0.15) is 52.1 Å². The van der Waals surface area contributed by atoms with Crippen molar-refractivity contribution >= 4 is 0 Å².